The molecule has 0 fully saturated rings. The van der Waals surface area contributed by atoms with Crippen LogP contribution in [-0.4, -0.2) is 7.05 Å². The molecule has 0 unspecified atom stereocenters. The van der Waals surface area contributed by atoms with E-state index in [2.05, 4.69) is 17.4 Å². The number of hydrogen-bond acceptors (Lipinski definition) is 2. The van der Waals surface area contributed by atoms with Gasteiger partial charge in [-0.25, -0.2) is 0 Å². The Bertz CT molecular complexity index is 422. The van der Waals surface area contributed by atoms with E-state index in [-0.39, 0.29) is 0 Å². The van der Waals surface area contributed by atoms with Gasteiger partial charge in [-0.05, 0) is 12.6 Å². The zero-order chi connectivity index (χ0) is 9.26. The normalized spacial score (nSPS) is 10.9. The summed E-state index contributed by atoms with van der Waals surface area (Å²) >= 11 is 7.74. The molecule has 0 spiro atoms. The van der Waals surface area contributed by atoms with Gasteiger partial charge in [-0.1, -0.05) is 29.8 Å². The molecule has 0 radical (unpaired) electrons. The average molecular weight is 212 g/mol. The predicted molar refractivity (Wildman–Crippen MR) is 59.6 cm³/mol. The lowest BCUT2D eigenvalue weighted by Gasteiger charge is -2.00. The van der Waals surface area contributed by atoms with Crippen molar-refractivity contribution in [2.75, 3.05) is 7.05 Å². The van der Waals surface area contributed by atoms with Gasteiger partial charge in [-0.15, -0.1) is 11.3 Å². The van der Waals surface area contributed by atoms with Crippen molar-refractivity contribution < 1.29 is 0 Å². The van der Waals surface area contributed by atoms with E-state index in [1.807, 2.05) is 18.5 Å². The lowest BCUT2D eigenvalue weighted by molar-refractivity contribution is 0.825. The Hall–Kier alpha value is -0.570. The molecule has 1 aromatic heterocycles. The van der Waals surface area contributed by atoms with Crippen LogP contribution in [-0.2, 0) is 6.54 Å². The fraction of sp³-hybridized carbons (Fsp3) is 0.200. The summed E-state index contributed by atoms with van der Waals surface area (Å²) < 4.78 is 1.29. The maximum absolute atomic E-state index is 6.03. The molecule has 0 aliphatic rings. The van der Waals surface area contributed by atoms with E-state index in [9.17, 15) is 0 Å². The molecule has 1 nitrogen and oxygen atoms in total. The first-order valence-electron chi connectivity index (χ1n) is 4.12. The van der Waals surface area contributed by atoms with Gasteiger partial charge in [0, 0.05) is 22.0 Å². The minimum atomic E-state index is 0.859. The van der Waals surface area contributed by atoms with Crippen LogP contribution >= 0.6 is 22.9 Å². The Balaban J connectivity index is 2.63. The van der Waals surface area contributed by atoms with E-state index >= 15 is 0 Å². The van der Waals surface area contributed by atoms with E-state index in [1.165, 1.54) is 15.6 Å². The summed E-state index contributed by atoms with van der Waals surface area (Å²) in [5, 5.41) is 7.17. The van der Waals surface area contributed by atoms with Gasteiger partial charge < -0.3 is 5.32 Å². The van der Waals surface area contributed by atoms with Crippen LogP contribution in [0.4, 0.5) is 0 Å². The fourth-order valence-corrected chi connectivity index (χ4v) is 2.71. The van der Waals surface area contributed by atoms with E-state index < -0.39 is 0 Å². The number of fused-ring (bicyclic) bond motifs is 1. The molecule has 0 amide bonds. The van der Waals surface area contributed by atoms with Crippen LogP contribution in [0.3, 0.4) is 0 Å². The maximum Gasteiger partial charge on any atom is 0.0591 e. The van der Waals surface area contributed by atoms with Crippen molar-refractivity contribution in [3.8, 4) is 0 Å². The van der Waals surface area contributed by atoms with E-state index in [0.717, 1.165) is 11.6 Å². The molecular weight excluding hydrogens is 202 g/mol. The maximum atomic E-state index is 6.03. The molecule has 0 saturated carbocycles. The van der Waals surface area contributed by atoms with Crippen molar-refractivity contribution in [1.29, 1.82) is 0 Å². The molecule has 0 saturated heterocycles. The van der Waals surface area contributed by atoms with Gasteiger partial charge in [0.05, 0.1) is 5.02 Å². The lowest BCUT2D eigenvalue weighted by atomic mass is 10.2. The standard InChI is InChI=1S/C10H10ClNS/c1-12-5-7-3-2-4-8-9(11)6-13-10(7)8/h2-4,6,12H,5H2,1H3. The summed E-state index contributed by atoms with van der Waals surface area (Å²) in [6, 6.07) is 6.24. The Morgan fingerprint density at radius 1 is 1.46 bits per heavy atom. The number of halogens is 1. The molecule has 1 heterocycles. The second-order valence-electron chi connectivity index (χ2n) is 2.91. The first-order valence-corrected chi connectivity index (χ1v) is 5.38. The second-order valence-corrected chi connectivity index (χ2v) is 4.19. The number of benzene rings is 1. The third-order valence-corrected chi connectivity index (χ3v) is 3.51. The predicted octanol–water partition coefficient (Wildman–Crippen LogP) is 3.27. The molecule has 2 aromatic rings. The number of thiophene rings is 1. The van der Waals surface area contributed by atoms with Gasteiger partial charge in [0.25, 0.3) is 0 Å². The van der Waals surface area contributed by atoms with Gasteiger partial charge in [0.1, 0.15) is 0 Å². The van der Waals surface area contributed by atoms with E-state index in [0.29, 0.717) is 0 Å². The fourth-order valence-electron chi connectivity index (χ4n) is 1.42. The number of nitrogens with one attached hydrogen (secondary N) is 1. The molecule has 0 aliphatic heterocycles. The van der Waals surface area contributed by atoms with Crippen molar-refractivity contribution in [3.63, 3.8) is 0 Å². The number of rotatable bonds is 2. The van der Waals surface area contributed by atoms with Gasteiger partial charge in [-0.3, -0.25) is 0 Å². The van der Waals surface area contributed by atoms with Crippen LogP contribution in [0.2, 0.25) is 5.02 Å². The molecule has 3 heteroatoms. The third kappa shape index (κ3) is 1.57. The quantitative estimate of drug-likeness (QED) is 0.804. The Morgan fingerprint density at radius 2 is 2.31 bits per heavy atom. The SMILES string of the molecule is CNCc1cccc2c(Cl)csc12. The first-order chi connectivity index (χ1) is 6.33. The van der Waals surface area contributed by atoms with Crippen molar-refractivity contribution in [3.05, 3.63) is 34.2 Å². The van der Waals surface area contributed by atoms with Gasteiger partial charge in [-0.2, -0.15) is 0 Å². The van der Waals surface area contributed by atoms with Gasteiger partial charge in [0.2, 0.25) is 0 Å². The molecule has 1 N–H and O–H groups in total. The van der Waals surface area contributed by atoms with Crippen LogP contribution in [0.25, 0.3) is 10.1 Å². The van der Waals surface area contributed by atoms with Crippen LogP contribution in [0.15, 0.2) is 23.6 Å². The highest BCUT2D eigenvalue weighted by Crippen LogP contribution is 2.32. The zero-order valence-corrected chi connectivity index (χ0v) is 8.88. The molecule has 2 rings (SSSR count). The van der Waals surface area contributed by atoms with Crippen molar-refractivity contribution in [2.45, 2.75) is 6.54 Å². The summed E-state index contributed by atoms with van der Waals surface area (Å²) in [7, 11) is 1.95. The molecule has 13 heavy (non-hydrogen) atoms. The molecule has 1 aromatic carbocycles. The summed E-state index contributed by atoms with van der Waals surface area (Å²) in [4.78, 5) is 0. The molecule has 0 atom stereocenters. The van der Waals surface area contributed by atoms with Crippen LogP contribution < -0.4 is 5.32 Å². The monoisotopic (exact) mass is 211 g/mol. The zero-order valence-electron chi connectivity index (χ0n) is 7.30. The molecular formula is C10H10ClNS. The van der Waals surface area contributed by atoms with Gasteiger partial charge in [0.15, 0.2) is 0 Å². The van der Waals surface area contributed by atoms with Gasteiger partial charge >= 0.3 is 0 Å². The molecule has 0 aliphatic carbocycles. The minimum absolute atomic E-state index is 0.859. The Morgan fingerprint density at radius 3 is 3.08 bits per heavy atom. The Kier molecular flexibility index (Phi) is 2.54. The lowest BCUT2D eigenvalue weighted by Crippen LogP contribution is -2.04. The van der Waals surface area contributed by atoms with Crippen molar-refractivity contribution in [2.24, 2.45) is 0 Å². The third-order valence-electron chi connectivity index (χ3n) is 2.00. The van der Waals surface area contributed by atoms with Crippen LogP contribution in [0, 0.1) is 0 Å². The smallest absolute Gasteiger partial charge is 0.0591 e. The van der Waals surface area contributed by atoms with Crippen molar-refractivity contribution >= 4 is 33.0 Å². The van der Waals surface area contributed by atoms with E-state index in [4.69, 9.17) is 11.6 Å². The summed E-state index contributed by atoms with van der Waals surface area (Å²) in [5.74, 6) is 0. The summed E-state index contributed by atoms with van der Waals surface area (Å²) in [6.45, 7) is 0.897. The summed E-state index contributed by atoms with van der Waals surface area (Å²) in [5.41, 5.74) is 1.32. The minimum Gasteiger partial charge on any atom is -0.316 e. The van der Waals surface area contributed by atoms with Crippen molar-refractivity contribution in [1.82, 2.24) is 5.32 Å². The second kappa shape index (κ2) is 3.66. The first kappa shape index (κ1) is 9.00. The average Bonchev–Trinajstić information content (AvgIpc) is 2.50. The Labute approximate surface area is 86.3 Å². The summed E-state index contributed by atoms with van der Waals surface area (Å²) in [6.07, 6.45) is 0. The number of hydrogen-bond donors (Lipinski definition) is 1. The largest absolute Gasteiger partial charge is 0.316 e. The van der Waals surface area contributed by atoms with Crippen LogP contribution in [0.5, 0.6) is 0 Å². The molecule has 0 bridgehead atoms. The highest BCUT2D eigenvalue weighted by Gasteiger charge is 2.04. The van der Waals surface area contributed by atoms with Crippen LogP contribution in [0.1, 0.15) is 5.56 Å². The highest BCUT2D eigenvalue weighted by atomic mass is 35.5. The highest BCUT2D eigenvalue weighted by molar-refractivity contribution is 7.18. The topological polar surface area (TPSA) is 12.0 Å². The van der Waals surface area contributed by atoms with E-state index in [1.54, 1.807) is 11.3 Å². The molecule has 68 valence electrons.